The van der Waals surface area contributed by atoms with Gasteiger partial charge in [-0.15, -0.1) is 37.2 Å². The molecule has 0 heterocycles. The van der Waals surface area contributed by atoms with Crippen LogP contribution in [0.4, 0.5) is 0 Å². The topological polar surface area (TPSA) is 0 Å². The van der Waals surface area contributed by atoms with E-state index in [1.54, 1.807) is 0 Å². The van der Waals surface area contributed by atoms with Gasteiger partial charge in [0.1, 0.15) is 0 Å². The summed E-state index contributed by atoms with van der Waals surface area (Å²) in [6.45, 7) is 14.2. The molecule has 0 saturated carbocycles. The molecule has 4 heteroatoms. The minimum absolute atomic E-state index is 0. The van der Waals surface area contributed by atoms with E-state index in [1.807, 2.05) is 0 Å². The second kappa shape index (κ2) is 11.8. The molecule has 12 heavy (non-hydrogen) atoms. The molecule has 0 atom stereocenters. The van der Waals surface area contributed by atoms with Crippen LogP contribution in [0.1, 0.15) is 27.7 Å². The van der Waals surface area contributed by atoms with E-state index in [0.717, 1.165) is 0 Å². The van der Waals surface area contributed by atoms with Gasteiger partial charge in [0.05, 0.1) is 26.2 Å². The molecule has 0 aromatic carbocycles. The first-order valence-corrected chi connectivity index (χ1v) is 4.09. The van der Waals surface area contributed by atoms with Crippen molar-refractivity contribution in [3.8, 4) is 0 Å². The molecule has 0 fully saturated rings. The number of rotatable bonds is 4. The van der Waals surface area contributed by atoms with Crippen LogP contribution in [-0.4, -0.2) is 30.7 Å². The lowest BCUT2D eigenvalue weighted by molar-refractivity contribution is -0.921. The molecule has 0 saturated heterocycles. The summed E-state index contributed by atoms with van der Waals surface area (Å²) in [5, 5.41) is 0. The van der Waals surface area contributed by atoms with Gasteiger partial charge in [0, 0.05) is 0 Å². The Kier molecular flexibility index (Phi) is 22.7. The largest absolute Gasteiger partial charge is 0.325 e. The van der Waals surface area contributed by atoms with Gasteiger partial charge in [-0.1, -0.05) is 0 Å². The highest BCUT2D eigenvalue weighted by molar-refractivity contribution is 5.86. The first kappa shape index (κ1) is 23.0. The van der Waals surface area contributed by atoms with Crippen LogP contribution in [0.15, 0.2) is 0 Å². The Labute approximate surface area is 95.7 Å². The van der Waals surface area contributed by atoms with E-state index < -0.39 is 0 Å². The summed E-state index contributed by atoms with van der Waals surface area (Å²) < 4.78 is 1.28. The maximum atomic E-state index is 2.27. The minimum Gasteiger partial charge on any atom is -0.325 e. The first-order chi connectivity index (χ1) is 4.24. The van der Waals surface area contributed by atoms with Gasteiger partial charge < -0.3 is 4.48 Å². The summed E-state index contributed by atoms with van der Waals surface area (Å²) in [4.78, 5) is 0. The van der Waals surface area contributed by atoms with E-state index >= 15 is 0 Å². The number of hydrogen-bond acceptors (Lipinski definition) is 0. The zero-order valence-corrected chi connectivity index (χ0v) is 10.9. The van der Waals surface area contributed by atoms with Gasteiger partial charge in [0.15, 0.2) is 0 Å². The normalized spacial score (nSPS) is 9.00. The minimum atomic E-state index is 0. The third kappa shape index (κ3) is 6.36. The molecule has 0 spiro atoms. The molecule has 0 radical (unpaired) electrons. The number of halogens is 3. The number of quaternary nitrogens is 1. The standard InChI is InChI=1S/C8H20N.3ClH/c1-5-9(6-2,7-3)8-4;;;/h5-8H2,1-4H3;3*1H/q+1;;;. The number of hydrogen-bond donors (Lipinski definition) is 0. The van der Waals surface area contributed by atoms with E-state index in [1.165, 1.54) is 30.7 Å². The van der Waals surface area contributed by atoms with Crippen LogP contribution in [-0.2, 0) is 0 Å². The highest BCUT2D eigenvalue weighted by Crippen LogP contribution is 2.03. The highest BCUT2D eigenvalue weighted by atomic mass is 35.5. The van der Waals surface area contributed by atoms with Crippen molar-refractivity contribution in [2.75, 3.05) is 26.2 Å². The predicted octanol–water partition coefficient (Wildman–Crippen LogP) is 3.15. The summed E-state index contributed by atoms with van der Waals surface area (Å²) in [6, 6.07) is 0. The summed E-state index contributed by atoms with van der Waals surface area (Å²) in [5.41, 5.74) is 0. The monoisotopic (exact) mass is 238 g/mol. The third-order valence-corrected chi connectivity index (χ3v) is 2.68. The Bertz CT molecular complexity index is 57.2. The van der Waals surface area contributed by atoms with Crippen molar-refractivity contribution in [2.24, 2.45) is 0 Å². The van der Waals surface area contributed by atoms with Gasteiger partial charge in [-0.3, -0.25) is 0 Å². The summed E-state index contributed by atoms with van der Waals surface area (Å²) in [7, 11) is 0. The second-order valence-corrected chi connectivity index (χ2v) is 2.61. The van der Waals surface area contributed by atoms with Crippen molar-refractivity contribution >= 4 is 37.2 Å². The molecule has 0 amide bonds. The lowest BCUT2D eigenvalue weighted by Crippen LogP contribution is -2.47. The molecule has 0 aliphatic heterocycles. The summed E-state index contributed by atoms with van der Waals surface area (Å²) in [6.07, 6.45) is 0. The van der Waals surface area contributed by atoms with Crippen molar-refractivity contribution in [2.45, 2.75) is 27.7 Å². The van der Waals surface area contributed by atoms with Crippen LogP contribution in [0.2, 0.25) is 0 Å². The second-order valence-electron chi connectivity index (χ2n) is 2.61. The van der Waals surface area contributed by atoms with Crippen LogP contribution < -0.4 is 0 Å². The quantitative estimate of drug-likeness (QED) is 0.661. The van der Waals surface area contributed by atoms with Gasteiger partial charge in [-0.2, -0.15) is 0 Å². The van der Waals surface area contributed by atoms with E-state index in [4.69, 9.17) is 0 Å². The van der Waals surface area contributed by atoms with Crippen molar-refractivity contribution in [3.05, 3.63) is 0 Å². The van der Waals surface area contributed by atoms with E-state index in [9.17, 15) is 0 Å². The van der Waals surface area contributed by atoms with Crippen molar-refractivity contribution in [1.29, 1.82) is 0 Å². The summed E-state index contributed by atoms with van der Waals surface area (Å²) in [5.74, 6) is 0. The summed E-state index contributed by atoms with van der Waals surface area (Å²) >= 11 is 0. The molecule has 80 valence electrons. The fraction of sp³-hybridized carbons (Fsp3) is 1.00. The Balaban J connectivity index is -0.000000107. The Hall–Kier alpha value is 0.830. The molecule has 0 aromatic rings. The molecule has 0 bridgehead atoms. The lowest BCUT2D eigenvalue weighted by Gasteiger charge is -2.34. The van der Waals surface area contributed by atoms with Crippen LogP contribution in [0.25, 0.3) is 0 Å². The Morgan fingerprint density at radius 2 is 0.750 bits per heavy atom. The highest BCUT2D eigenvalue weighted by Gasteiger charge is 2.16. The molecule has 0 aliphatic rings. The maximum Gasteiger partial charge on any atom is 0.0757 e. The van der Waals surface area contributed by atoms with Crippen LogP contribution in [0, 0.1) is 0 Å². The SMILES string of the molecule is CC[N+](CC)(CC)CC.Cl.Cl.Cl. The van der Waals surface area contributed by atoms with Gasteiger partial charge >= 0.3 is 0 Å². The molecule has 0 aliphatic carbocycles. The predicted molar refractivity (Wildman–Crippen MR) is 64.2 cm³/mol. The molecule has 0 aromatic heterocycles. The molecule has 0 unspecified atom stereocenters. The average molecular weight is 240 g/mol. The fourth-order valence-electron chi connectivity index (χ4n) is 1.34. The average Bonchev–Trinajstić information content (AvgIpc) is 1.95. The van der Waals surface area contributed by atoms with Gasteiger partial charge in [-0.05, 0) is 27.7 Å². The Morgan fingerprint density at radius 3 is 0.750 bits per heavy atom. The fourth-order valence-corrected chi connectivity index (χ4v) is 1.34. The lowest BCUT2D eigenvalue weighted by atomic mass is 10.3. The van der Waals surface area contributed by atoms with Crippen molar-refractivity contribution in [1.82, 2.24) is 0 Å². The van der Waals surface area contributed by atoms with Crippen LogP contribution in [0.3, 0.4) is 0 Å². The molecule has 0 N–H and O–H groups in total. The Morgan fingerprint density at radius 1 is 0.583 bits per heavy atom. The van der Waals surface area contributed by atoms with Crippen molar-refractivity contribution in [3.63, 3.8) is 0 Å². The first-order valence-electron chi connectivity index (χ1n) is 4.09. The molecule has 1 nitrogen and oxygen atoms in total. The maximum absolute atomic E-state index is 2.27. The van der Waals surface area contributed by atoms with Gasteiger partial charge in [-0.25, -0.2) is 0 Å². The zero-order chi connectivity index (χ0) is 7.33. The zero-order valence-electron chi connectivity index (χ0n) is 8.50. The molecular weight excluding hydrogens is 216 g/mol. The van der Waals surface area contributed by atoms with Gasteiger partial charge in [0.2, 0.25) is 0 Å². The third-order valence-electron chi connectivity index (χ3n) is 2.68. The van der Waals surface area contributed by atoms with E-state index in [-0.39, 0.29) is 37.2 Å². The molecule has 0 rings (SSSR count). The molecular formula is C8H23Cl3N+. The van der Waals surface area contributed by atoms with Crippen LogP contribution >= 0.6 is 37.2 Å². The van der Waals surface area contributed by atoms with Gasteiger partial charge in [0.25, 0.3) is 0 Å². The smallest absolute Gasteiger partial charge is 0.0757 e. The van der Waals surface area contributed by atoms with E-state index in [0.29, 0.717) is 0 Å². The van der Waals surface area contributed by atoms with Crippen LogP contribution in [0.5, 0.6) is 0 Å². The van der Waals surface area contributed by atoms with Crippen molar-refractivity contribution < 1.29 is 4.48 Å². The van der Waals surface area contributed by atoms with E-state index in [2.05, 4.69) is 27.7 Å². The number of nitrogens with zero attached hydrogens (tertiary/aromatic N) is 1.